The van der Waals surface area contributed by atoms with E-state index in [2.05, 4.69) is 25.7 Å². The van der Waals surface area contributed by atoms with Crippen molar-refractivity contribution in [3.63, 3.8) is 0 Å². The summed E-state index contributed by atoms with van der Waals surface area (Å²) < 4.78 is 30.3. The first-order valence-corrected chi connectivity index (χ1v) is 5.26. The highest BCUT2D eigenvalue weighted by atomic mass is 79.9. The minimum absolute atomic E-state index is 0.0579. The van der Waals surface area contributed by atoms with E-state index < -0.39 is 12.4 Å². The molecule has 0 saturated heterocycles. The van der Waals surface area contributed by atoms with Crippen LogP contribution < -0.4 is 0 Å². The Balaban J connectivity index is 3.14. The fourth-order valence-corrected chi connectivity index (χ4v) is 1.52. The fraction of sp³-hybridized carbons (Fsp3) is 0.400. The minimum atomic E-state index is -2.66. The molecule has 1 heterocycles. The number of alkyl halides is 2. The van der Waals surface area contributed by atoms with Gasteiger partial charge in [-0.15, -0.1) is 0 Å². The van der Waals surface area contributed by atoms with Gasteiger partial charge in [0.15, 0.2) is 0 Å². The lowest BCUT2D eigenvalue weighted by atomic mass is 10.1. The fourth-order valence-electron chi connectivity index (χ4n) is 1.18. The average Bonchev–Trinajstić information content (AvgIpc) is 2.22. The van der Waals surface area contributed by atoms with Gasteiger partial charge < -0.3 is 4.74 Å². The molecule has 0 spiro atoms. The highest BCUT2D eigenvalue weighted by Crippen LogP contribution is 2.27. The second-order valence-corrected chi connectivity index (χ2v) is 4.00. The van der Waals surface area contributed by atoms with Crippen LogP contribution in [0.2, 0.25) is 0 Å². The summed E-state index contributed by atoms with van der Waals surface area (Å²) in [5.41, 5.74) is 0.369. The predicted octanol–water partition coefficient (Wildman–Crippen LogP) is 2.81. The highest BCUT2D eigenvalue weighted by Gasteiger charge is 2.18. The van der Waals surface area contributed by atoms with Crippen LogP contribution >= 0.6 is 15.9 Å². The van der Waals surface area contributed by atoms with Crippen LogP contribution in [0.1, 0.15) is 23.4 Å². The average molecular weight is 294 g/mol. The van der Waals surface area contributed by atoms with Gasteiger partial charge >= 0.3 is 5.97 Å². The zero-order chi connectivity index (χ0) is 12.3. The number of ether oxygens (including phenoxy) is 1. The molecule has 0 aliphatic heterocycles. The standard InChI is InChI=1S/C10H10BrF2NO2/c1-5-7(11)3-6(10(12)13)8(14-5)4-9(15)16-2/h3,10H,4H2,1-2H3. The molecule has 0 aromatic carbocycles. The summed E-state index contributed by atoms with van der Waals surface area (Å²) in [6, 6.07) is 1.28. The Bertz CT molecular complexity index is 410. The van der Waals surface area contributed by atoms with Crippen LogP contribution in [0, 0.1) is 6.92 Å². The lowest BCUT2D eigenvalue weighted by Gasteiger charge is -2.09. The second-order valence-electron chi connectivity index (χ2n) is 3.15. The van der Waals surface area contributed by atoms with E-state index in [0.29, 0.717) is 10.2 Å². The molecule has 3 nitrogen and oxygen atoms in total. The van der Waals surface area contributed by atoms with Gasteiger partial charge in [-0.2, -0.15) is 0 Å². The summed E-state index contributed by atoms with van der Waals surface area (Å²) >= 11 is 3.12. The van der Waals surface area contributed by atoms with Crippen molar-refractivity contribution in [3.8, 4) is 0 Å². The minimum Gasteiger partial charge on any atom is -0.469 e. The molecule has 0 aliphatic rings. The number of carbonyl (C=O) groups is 1. The summed E-state index contributed by atoms with van der Waals surface area (Å²) in [7, 11) is 1.20. The second kappa shape index (κ2) is 5.34. The molecule has 1 aromatic heterocycles. The van der Waals surface area contributed by atoms with Crippen molar-refractivity contribution in [2.45, 2.75) is 19.8 Å². The van der Waals surface area contributed by atoms with Crippen molar-refractivity contribution in [2.75, 3.05) is 7.11 Å². The molecule has 88 valence electrons. The van der Waals surface area contributed by atoms with Crippen molar-refractivity contribution in [1.82, 2.24) is 4.98 Å². The van der Waals surface area contributed by atoms with Gasteiger partial charge in [0, 0.05) is 10.0 Å². The molecule has 16 heavy (non-hydrogen) atoms. The number of carbonyl (C=O) groups excluding carboxylic acids is 1. The Morgan fingerprint density at radius 1 is 1.62 bits per heavy atom. The van der Waals surface area contributed by atoms with Gasteiger partial charge in [0.05, 0.1) is 24.9 Å². The molecule has 0 aliphatic carbocycles. The van der Waals surface area contributed by atoms with Crippen molar-refractivity contribution >= 4 is 21.9 Å². The SMILES string of the molecule is COC(=O)Cc1nc(C)c(Br)cc1C(F)F. The van der Waals surface area contributed by atoms with Crippen LogP contribution in [0.4, 0.5) is 8.78 Å². The van der Waals surface area contributed by atoms with E-state index in [4.69, 9.17) is 0 Å². The Hall–Kier alpha value is -1.04. The summed E-state index contributed by atoms with van der Waals surface area (Å²) in [4.78, 5) is 15.0. The number of halogens is 3. The number of aromatic nitrogens is 1. The van der Waals surface area contributed by atoms with Crippen LogP contribution in [-0.2, 0) is 16.0 Å². The molecule has 0 amide bonds. The number of hydrogen-bond donors (Lipinski definition) is 0. The zero-order valence-corrected chi connectivity index (χ0v) is 10.3. The number of nitrogens with zero attached hydrogens (tertiary/aromatic N) is 1. The number of rotatable bonds is 3. The van der Waals surface area contributed by atoms with E-state index in [1.54, 1.807) is 6.92 Å². The monoisotopic (exact) mass is 293 g/mol. The summed E-state index contributed by atoms with van der Waals surface area (Å²) in [6.45, 7) is 1.67. The van der Waals surface area contributed by atoms with Gasteiger partial charge in [-0.3, -0.25) is 9.78 Å². The normalized spacial score (nSPS) is 10.6. The van der Waals surface area contributed by atoms with E-state index in [-0.39, 0.29) is 17.7 Å². The third-order valence-electron chi connectivity index (χ3n) is 2.04. The summed E-state index contributed by atoms with van der Waals surface area (Å²) in [5.74, 6) is -0.587. The van der Waals surface area contributed by atoms with Gasteiger partial charge in [-0.05, 0) is 28.9 Å². The molecule has 0 atom stereocenters. The predicted molar refractivity (Wildman–Crippen MR) is 57.4 cm³/mol. The molecular formula is C10H10BrF2NO2. The molecular weight excluding hydrogens is 284 g/mol. The van der Waals surface area contributed by atoms with Gasteiger partial charge in [-0.1, -0.05) is 0 Å². The van der Waals surface area contributed by atoms with Crippen LogP contribution in [-0.4, -0.2) is 18.1 Å². The summed E-state index contributed by atoms with van der Waals surface area (Å²) in [5, 5.41) is 0. The van der Waals surface area contributed by atoms with Crippen LogP contribution in [0.15, 0.2) is 10.5 Å². The van der Waals surface area contributed by atoms with Crippen molar-refractivity contribution in [1.29, 1.82) is 0 Å². The first-order valence-electron chi connectivity index (χ1n) is 4.46. The lowest BCUT2D eigenvalue weighted by molar-refractivity contribution is -0.139. The van der Waals surface area contributed by atoms with Crippen LogP contribution in [0.3, 0.4) is 0 Å². The van der Waals surface area contributed by atoms with Crippen molar-refractivity contribution in [3.05, 3.63) is 27.5 Å². The molecule has 0 fully saturated rings. The molecule has 1 rings (SSSR count). The zero-order valence-electron chi connectivity index (χ0n) is 8.76. The smallest absolute Gasteiger partial charge is 0.311 e. The Kier molecular flexibility index (Phi) is 4.35. The molecule has 0 bridgehead atoms. The maximum atomic E-state index is 12.7. The van der Waals surface area contributed by atoms with E-state index in [1.807, 2.05) is 0 Å². The number of aryl methyl sites for hydroxylation is 1. The Labute approximate surface area is 99.9 Å². The Morgan fingerprint density at radius 2 is 2.25 bits per heavy atom. The topological polar surface area (TPSA) is 39.2 Å². The molecule has 0 radical (unpaired) electrons. The third-order valence-corrected chi connectivity index (χ3v) is 2.84. The largest absolute Gasteiger partial charge is 0.469 e. The van der Waals surface area contributed by atoms with Crippen LogP contribution in [0.5, 0.6) is 0 Å². The maximum Gasteiger partial charge on any atom is 0.311 e. The quantitative estimate of drug-likeness (QED) is 0.805. The van der Waals surface area contributed by atoms with Gasteiger partial charge in [0.1, 0.15) is 0 Å². The van der Waals surface area contributed by atoms with E-state index in [9.17, 15) is 13.6 Å². The van der Waals surface area contributed by atoms with Crippen LogP contribution in [0.25, 0.3) is 0 Å². The highest BCUT2D eigenvalue weighted by molar-refractivity contribution is 9.10. The number of hydrogen-bond acceptors (Lipinski definition) is 3. The molecule has 0 unspecified atom stereocenters. The number of methoxy groups -OCH3 is 1. The maximum absolute atomic E-state index is 12.7. The molecule has 6 heteroatoms. The molecule has 0 N–H and O–H groups in total. The first kappa shape index (κ1) is 13.0. The summed E-state index contributed by atoms with van der Waals surface area (Å²) in [6.07, 6.45) is -2.91. The third kappa shape index (κ3) is 2.98. The van der Waals surface area contributed by atoms with E-state index >= 15 is 0 Å². The first-order chi connectivity index (χ1) is 7.45. The van der Waals surface area contributed by atoms with E-state index in [1.165, 1.54) is 13.2 Å². The number of esters is 1. The van der Waals surface area contributed by atoms with Gasteiger partial charge in [0.2, 0.25) is 0 Å². The van der Waals surface area contributed by atoms with Crippen molar-refractivity contribution in [2.24, 2.45) is 0 Å². The van der Waals surface area contributed by atoms with E-state index in [0.717, 1.165) is 0 Å². The van der Waals surface area contributed by atoms with Crippen molar-refractivity contribution < 1.29 is 18.3 Å². The Morgan fingerprint density at radius 3 is 2.75 bits per heavy atom. The van der Waals surface area contributed by atoms with Gasteiger partial charge in [0.25, 0.3) is 6.43 Å². The van der Waals surface area contributed by atoms with Gasteiger partial charge in [-0.25, -0.2) is 8.78 Å². The lowest BCUT2D eigenvalue weighted by Crippen LogP contribution is -2.10. The molecule has 1 aromatic rings. The number of pyridine rings is 1. The molecule has 0 saturated carbocycles.